The van der Waals surface area contributed by atoms with Crippen LogP contribution in [0, 0.1) is 0 Å². The van der Waals surface area contributed by atoms with E-state index in [-0.39, 0.29) is 24.4 Å². The fraction of sp³-hybridized carbons (Fsp3) is 0.455. The van der Waals surface area contributed by atoms with Gasteiger partial charge < -0.3 is 9.31 Å². The Morgan fingerprint density at radius 1 is 1.00 bits per heavy atom. The summed E-state index contributed by atoms with van der Waals surface area (Å²) in [4.78, 5) is 2.31. The van der Waals surface area contributed by atoms with E-state index in [0.717, 1.165) is 17.0 Å². The number of nitrogens with zero attached hydrogens (tertiary/aromatic N) is 1. The lowest BCUT2D eigenvalue weighted by Gasteiger charge is -2.32. The second kappa shape index (κ2) is 7.59. The van der Waals surface area contributed by atoms with Crippen LogP contribution < -0.4 is 5.46 Å². The zero-order valence-electron chi connectivity index (χ0n) is 17.1. The third-order valence-corrected chi connectivity index (χ3v) is 6.16. The van der Waals surface area contributed by atoms with E-state index in [1.54, 1.807) is 0 Å². The fourth-order valence-corrected chi connectivity index (χ4v) is 3.40. The summed E-state index contributed by atoms with van der Waals surface area (Å²) < 4.78 is 12.3. The molecule has 1 saturated heterocycles. The van der Waals surface area contributed by atoms with E-state index in [1.165, 1.54) is 11.1 Å². The minimum atomic E-state index is -0.317. The summed E-state index contributed by atoms with van der Waals surface area (Å²) in [6.07, 6.45) is 0. The van der Waals surface area contributed by atoms with Crippen molar-refractivity contribution in [3.05, 3.63) is 64.7 Å². The van der Waals surface area contributed by atoms with Crippen LogP contribution in [0.25, 0.3) is 0 Å². The molecule has 0 saturated carbocycles. The summed E-state index contributed by atoms with van der Waals surface area (Å²) in [7, 11) is 1.82. The minimum absolute atomic E-state index is 0.284. The van der Waals surface area contributed by atoms with Gasteiger partial charge in [-0.25, -0.2) is 0 Å². The lowest BCUT2D eigenvalue weighted by molar-refractivity contribution is 0.00578. The van der Waals surface area contributed by atoms with Gasteiger partial charge in [0.2, 0.25) is 0 Å². The Labute approximate surface area is 168 Å². The third kappa shape index (κ3) is 4.40. The normalized spacial score (nSPS) is 19.5. The van der Waals surface area contributed by atoms with Gasteiger partial charge in [-0.3, -0.25) is 4.90 Å². The Morgan fingerprint density at radius 3 is 2.15 bits per heavy atom. The first-order valence-electron chi connectivity index (χ1n) is 9.49. The predicted octanol–water partition coefficient (Wildman–Crippen LogP) is 4.83. The van der Waals surface area contributed by atoms with Gasteiger partial charge in [-0.1, -0.05) is 48.0 Å². The smallest absolute Gasteiger partial charge is 0.399 e. The number of rotatable bonds is 5. The first kappa shape index (κ1) is 20.4. The molecule has 5 heteroatoms. The monoisotopic (exact) mass is 385 g/mol. The summed E-state index contributed by atoms with van der Waals surface area (Å²) in [5, 5.41) is 0.777. The zero-order valence-corrected chi connectivity index (χ0v) is 17.9. The average molecular weight is 386 g/mol. The molecule has 3 nitrogen and oxygen atoms in total. The van der Waals surface area contributed by atoms with Crippen molar-refractivity contribution in [2.24, 2.45) is 0 Å². The molecular formula is C22H29BClNO2. The molecule has 144 valence electrons. The largest absolute Gasteiger partial charge is 0.494 e. The Bertz CT molecular complexity index is 775. The molecule has 1 atom stereocenters. The Hall–Kier alpha value is -1.33. The van der Waals surface area contributed by atoms with Crippen LogP contribution in [0.2, 0.25) is 5.02 Å². The second-order valence-corrected chi connectivity index (χ2v) is 8.91. The number of hydrogen-bond acceptors (Lipinski definition) is 3. The van der Waals surface area contributed by atoms with Crippen LogP contribution in [0.3, 0.4) is 0 Å². The second-order valence-electron chi connectivity index (χ2n) is 8.48. The molecule has 1 heterocycles. The highest BCUT2D eigenvalue weighted by atomic mass is 35.5. The molecule has 0 aliphatic carbocycles. The maximum atomic E-state index is 6.13. The van der Waals surface area contributed by atoms with Crippen LogP contribution in [-0.2, 0) is 15.9 Å². The van der Waals surface area contributed by atoms with Gasteiger partial charge in [0.15, 0.2) is 0 Å². The predicted molar refractivity (Wildman–Crippen MR) is 113 cm³/mol. The van der Waals surface area contributed by atoms with Crippen molar-refractivity contribution in [3.63, 3.8) is 0 Å². The molecule has 0 amide bonds. The fourth-order valence-electron chi connectivity index (χ4n) is 3.21. The molecule has 1 aliphatic heterocycles. The van der Waals surface area contributed by atoms with E-state index in [4.69, 9.17) is 20.9 Å². The maximum absolute atomic E-state index is 6.13. The van der Waals surface area contributed by atoms with Gasteiger partial charge in [0.05, 0.1) is 11.2 Å². The average Bonchev–Trinajstić information content (AvgIpc) is 2.82. The van der Waals surface area contributed by atoms with Gasteiger partial charge in [0.1, 0.15) is 0 Å². The molecule has 2 aromatic rings. The Kier molecular flexibility index (Phi) is 5.74. The topological polar surface area (TPSA) is 21.7 Å². The van der Waals surface area contributed by atoms with Gasteiger partial charge in [0, 0.05) is 17.6 Å². The van der Waals surface area contributed by atoms with Crippen molar-refractivity contribution in [2.45, 2.75) is 58.4 Å². The molecule has 0 bridgehead atoms. The highest BCUT2D eigenvalue weighted by Gasteiger charge is 2.51. The van der Waals surface area contributed by atoms with Gasteiger partial charge >= 0.3 is 7.12 Å². The van der Waals surface area contributed by atoms with Crippen LogP contribution in [0.15, 0.2) is 48.5 Å². The summed E-state index contributed by atoms with van der Waals surface area (Å²) in [6, 6.07) is 16.9. The molecular weight excluding hydrogens is 357 g/mol. The number of benzene rings is 2. The van der Waals surface area contributed by atoms with Gasteiger partial charge in [0.25, 0.3) is 0 Å². The third-order valence-electron chi connectivity index (χ3n) is 5.93. The Morgan fingerprint density at radius 2 is 1.59 bits per heavy atom. The van der Waals surface area contributed by atoms with Gasteiger partial charge in [-0.05, 0) is 70.4 Å². The summed E-state index contributed by atoms with van der Waals surface area (Å²) in [6.45, 7) is 11.4. The van der Waals surface area contributed by atoms with Crippen LogP contribution in [0.4, 0.5) is 0 Å². The maximum Gasteiger partial charge on any atom is 0.494 e. The molecule has 0 N–H and O–H groups in total. The first-order chi connectivity index (χ1) is 12.6. The molecule has 0 radical (unpaired) electrons. The SMILES string of the molecule is CC(c1cccc(Cl)c1)N(C)Cc1ccc(B2OC(C)(C)C(C)(C)O2)cc1. The number of halogens is 1. The first-order valence-corrected chi connectivity index (χ1v) is 9.87. The molecule has 1 aliphatic rings. The van der Waals surface area contributed by atoms with E-state index in [1.807, 2.05) is 18.2 Å². The molecule has 1 unspecified atom stereocenters. The Balaban J connectivity index is 1.66. The molecule has 3 rings (SSSR count). The summed E-state index contributed by atoms with van der Waals surface area (Å²) >= 11 is 6.13. The lowest BCUT2D eigenvalue weighted by atomic mass is 9.79. The van der Waals surface area contributed by atoms with Gasteiger partial charge in [-0.15, -0.1) is 0 Å². The quantitative estimate of drug-likeness (QED) is 0.688. The van der Waals surface area contributed by atoms with Gasteiger partial charge in [-0.2, -0.15) is 0 Å². The molecule has 0 spiro atoms. The number of hydrogen-bond donors (Lipinski definition) is 0. The van der Waals surface area contributed by atoms with Crippen molar-refractivity contribution >= 4 is 24.2 Å². The van der Waals surface area contributed by atoms with E-state index < -0.39 is 0 Å². The summed E-state index contributed by atoms with van der Waals surface area (Å²) in [5.41, 5.74) is 2.90. The van der Waals surface area contributed by atoms with Crippen molar-refractivity contribution in [2.75, 3.05) is 7.05 Å². The minimum Gasteiger partial charge on any atom is -0.399 e. The van der Waals surface area contributed by atoms with Crippen molar-refractivity contribution in [3.8, 4) is 0 Å². The van der Waals surface area contributed by atoms with E-state index in [0.29, 0.717) is 0 Å². The van der Waals surface area contributed by atoms with E-state index >= 15 is 0 Å². The van der Waals surface area contributed by atoms with E-state index in [9.17, 15) is 0 Å². The van der Waals surface area contributed by atoms with Crippen LogP contribution in [0.5, 0.6) is 0 Å². The summed E-state index contributed by atoms with van der Waals surface area (Å²) in [5.74, 6) is 0. The van der Waals surface area contributed by atoms with Crippen molar-refractivity contribution in [1.29, 1.82) is 0 Å². The van der Waals surface area contributed by atoms with E-state index in [2.05, 4.69) is 76.9 Å². The molecule has 27 heavy (non-hydrogen) atoms. The highest BCUT2D eigenvalue weighted by molar-refractivity contribution is 6.62. The van der Waals surface area contributed by atoms with Crippen LogP contribution in [0.1, 0.15) is 51.8 Å². The van der Waals surface area contributed by atoms with Crippen molar-refractivity contribution < 1.29 is 9.31 Å². The van der Waals surface area contributed by atoms with Crippen LogP contribution in [-0.4, -0.2) is 30.3 Å². The van der Waals surface area contributed by atoms with Crippen LogP contribution >= 0.6 is 11.6 Å². The lowest BCUT2D eigenvalue weighted by Crippen LogP contribution is -2.41. The highest BCUT2D eigenvalue weighted by Crippen LogP contribution is 2.36. The standard InChI is InChI=1S/C22H29BClNO2/c1-16(18-8-7-9-20(24)14-18)25(6)15-17-10-12-19(13-11-17)23-26-21(2,3)22(4,5)27-23/h7-14,16H,15H2,1-6H3. The molecule has 0 aromatic heterocycles. The molecule has 1 fully saturated rings. The molecule has 2 aromatic carbocycles. The zero-order chi connectivity index (χ0) is 19.8. The van der Waals surface area contributed by atoms with Crippen molar-refractivity contribution in [1.82, 2.24) is 4.90 Å².